The maximum absolute atomic E-state index is 11.8. The second kappa shape index (κ2) is 4.60. The molecule has 0 bridgehead atoms. The van der Waals surface area contributed by atoms with Gasteiger partial charge in [-0.05, 0) is 13.8 Å². The molecule has 94 valence electrons. The quantitative estimate of drug-likeness (QED) is 0.717. The van der Waals surface area contributed by atoms with Gasteiger partial charge in [0.2, 0.25) is 10.0 Å². The first-order valence-corrected chi connectivity index (χ1v) is 7.46. The predicted octanol–water partition coefficient (Wildman–Crippen LogP) is -0.686. The maximum Gasteiger partial charge on any atom is 0.216 e. The molecule has 1 N–H and O–H groups in total. The van der Waals surface area contributed by atoms with E-state index in [0.717, 1.165) is 26.2 Å². The van der Waals surface area contributed by atoms with Crippen molar-refractivity contribution in [2.45, 2.75) is 25.1 Å². The maximum atomic E-state index is 11.8. The van der Waals surface area contributed by atoms with Crippen molar-refractivity contribution in [3.63, 3.8) is 0 Å². The van der Waals surface area contributed by atoms with Crippen molar-refractivity contribution < 1.29 is 8.42 Å². The molecule has 0 aromatic rings. The topological polar surface area (TPSA) is 52.7 Å². The molecule has 2 heterocycles. The standard InChI is InChI=1S/C10H21N3O2S/c1-9(2)16(14,15)13-7-10(8-13)12-5-3-11-4-6-12/h9-11H,3-8H2,1-2H3. The molecule has 2 rings (SSSR count). The van der Waals surface area contributed by atoms with Crippen LogP contribution in [0.25, 0.3) is 0 Å². The zero-order chi connectivity index (χ0) is 11.8. The van der Waals surface area contributed by atoms with Gasteiger partial charge >= 0.3 is 0 Å². The van der Waals surface area contributed by atoms with Crippen LogP contribution in [0.15, 0.2) is 0 Å². The molecule has 6 heteroatoms. The lowest BCUT2D eigenvalue weighted by Crippen LogP contribution is -2.64. The van der Waals surface area contributed by atoms with Crippen LogP contribution in [0.3, 0.4) is 0 Å². The number of nitrogens with one attached hydrogen (secondary N) is 1. The fourth-order valence-corrected chi connectivity index (χ4v) is 3.56. The first-order chi connectivity index (χ1) is 7.51. The molecule has 0 radical (unpaired) electrons. The monoisotopic (exact) mass is 247 g/mol. The van der Waals surface area contributed by atoms with Crippen LogP contribution in [-0.4, -0.2) is 68.2 Å². The lowest BCUT2D eigenvalue weighted by atomic mass is 10.1. The van der Waals surface area contributed by atoms with Gasteiger partial charge in [-0.15, -0.1) is 0 Å². The van der Waals surface area contributed by atoms with E-state index in [1.165, 1.54) is 0 Å². The molecule has 0 spiro atoms. The summed E-state index contributed by atoms with van der Waals surface area (Å²) in [6.07, 6.45) is 0. The summed E-state index contributed by atoms with van der Waals surface area (Å²) < 4.78 is 25.3. The Labute approximate surface area is 97.8 Å². The van der Waals surface area contributed by atoms with Crippen LogP contribution < -0.4 is 5.32 Å². The highest BCUT2D eigenvalue weighted by molar-refractivity contribution is 7.89. The van der Waals surface area contributed by atoms with Crippen LogP contribution in [0, 0.1) is 0 Å². The third-order valence-corrected chi connectivity index (χ3v) is 5.66. The van der Waals surface area contributed by atoms with Crippen molar-refractivity contribution in [1.82, 2.24) is 14.5 Å². The number of nitrogens with zero attached hydrogens (tertiary/aromatic N) is 2. The molecule has 0 aromatic carbocycles. The summed E-state index contributed by atoms with van der Waals surface area (Å²) in [6, 6.07) is 0.440. The summed E-state index contributed by atoms with van der Waals surface area (Å²) in [5, 5.41) is 3.01. The molecule has 2 aliphatic heterocycles. The van der Waals surface area contributed by atoms with Gasteiger partial charge in [0.05, 0.1) is 5.25 Å². The number of piperazine rings is 1. The highest BCUT2D eigenvalue weighted by Gasteiger charge is 2.40. The van der Waals surface area contributed by atoms with Crippen molar-refractivity contribution >= 4 is 10.0 Å². The van der Waals surface area contributed by atoms with Crippen molar-refractivity contribution in [2.24, 2.45) is 0 Å². The van der Waals surface area contributed by atoms with E-state index in [9.17, 15) is 8.42 Å². The minimum Gasteiger partial charge on any atom is -0.314 e. The summed E-state index contributed by atoms with van der Waals surface area (Å²) >= 11 is 0. The molecule has 2 fully saturated rings. The van der Waals surface area contributed by atoms with Crippen molar-refractivity contribution in [3.05, 3.63) is 0 Å². The summed E-state index contributed by atoms with van der Waals surface area (Å²) in [5.74, 6) is 0. The molecule has 0 aliphatic carbocycles. The van der Waals surface area contributed by atoms with Crippen molar-refractivity contribution in [3.8, 4) is 0 Å². The van der Waals surface area contributed by atoms with Crippen LogP contribution in [0.2, 0.25) is 0 Å². The van der Waals surface area contributed by atoms with E-state index >= 15 is 0 Å². The summed E-state index contributed by atoms with van der Waals surface area (Å²) in [4.78, 5) is 2.39. The summed E-state index contributed by atoms with van der Waals surface area (Å²) in [7, 11) is -3.02. The lowest BCUT2D eigenvalue weighted by molar-refractivity contribution is 0.0769. The Morgan fingerprint density at radius 3 is 2.25 bits per heavy atom. The second-order valence-electron chi connectivity index (χ2n) is 4.85. The van der Waals surface area contributed by atoms with Gasteiger partial charge in [0.15, 0.2) is 0 Å². The number of hydrogen-bond donors (Lipinski definition) is 1. The Kier molecular flexibility index (Phi) is 3.53. The van der Waals surface area contributed by atoms with Crippen molar-refractivity contribution in [2.75, 3.05) is 39.3 Å². The molecule has 2 saturated heterocycles. The smallest absolute Gasteiger partial charge is 0.216 e. The van der Waals surface area contributed by atoms with Gasteiger partial charge in [-0.25, -0.2) is 8.42 Å². The predicted molar refractivity (Wildman–Crippen MR) is 63.9 cm³/mol. The number of sulfonamides is 1. The van der Waals surface area contributed by atoms with Gasteiger partial charge in [0.25, 0.3) is 0 Å². The molecule has 0 atom stereocenters. The normalized spacial score (nSPS) is 25.9. The first kappa shape index (κ1) is 12.3. The zero-order valence-corrected chi connectivity index (χ0v) is 10.8. The minimum atomic E-state index is -3.02. The van der Waals surface area contributed by atoms with E-state index in [1.807, 2.05) is 0 Å². The van der Waals surface area contributed by atoms with Gasteiger partial charge in [-0.3, -0.25) is 4.90 Å². The van der Waals surface area contributed by atoms with Gasteiger partial charge in [-0.2, -0.15) is 4.31 Å². The minimum absolute atomic E-state index is 0.295. The first-order valence-electron chi connectivity index (χ1n) is 5.95. The van der Waals surface area contributed by atoms with Gasteiger partial charge in [0.1, 0.15) is 0 Å². The van der Waals surface area contributed by atoms with E-state index in [0.29, 0.717) is 19.1 Å². The molecule has 0 unspecified atom stereocenters. The molecule has 16 heavy (non-hydrogen) atoms. The van der Waals surface area contributed by atoms with Crippen LogP contribution in [0.4, 0.5) is 0 Å². The molecular formula is C10H21N3O2S. The molecule has 0 aromatic heterocycles. The number of rotatable bonds is 3. The Balaban J connectivity index is 1.85. The average molecular weight is 247 g/mol. The molecule has 0 amide bonds. The fourth-order valence-electron chi connectivity index (χ4n) is 2.20. The number of hydrogen-bond acceptors (Lipinski definition) is 4. The summed E-state index contributed by atoms with van der Waals surface area (Å²) in [6.45, 7) is 8.98. The van der Waals surface area contributed by atoms with Crippen LogP contribution in [-0.2, 0) is 10.0 Å². The molecule has 5 nitrogen and oxygen atoms in total. The SMILES string of the molecule is CC(C)S(=O)(=O)N1CC(N2CCNCC2)C1. The van der Waals surface area contributed by atoms with Gasteiger partial charge in [-0.1, -0.05) is 0 Å². The van der Waals surface area contributed by atoms with Gasteiger partial charge in [0, 0.05) is 45.3 Å². The molecule has 0 saturated carbocycles. The average Bonchev–Trinajstić information content (AvgIpc) is 2.16. The second-order valence-corrected chi connectivity index (χ2v) is 7.34. The Morgan fingerprint density at radius 1 is 1.19 bits per heavy atom. The highest BCUT2D eigenvalue weighted by Crippen LogP contribution is 2.21. The van der Waals surface area contributed by atoms with E-state index in [4.69, 9.17) is 0 Å². The Hall–Kier alpha value is -0.170. The van der Waals surface area contributed by atoms with Crippen molar-refractivity contribution in [1.29, 1.82) is 0 Å². The highest BCUT2D eigenvalue weighted by atomic mass is 32.2. The van der Waals surface area contributed by atoms with Crippen LogP contribution >= 0.6 is 0 Å². The Morgan fingerprint density at radius 2 is 1.75 bits per heavy atom. The van der Waals surface area contributed by atoms with E-state index in [-0.39, 0.29) is 5.25 Å². The zero-order valence-electron chi connectivity index (χ0n) is 10.0. The molecule has 2 aliphatic rings. The van der Waals surface area contributed by atoms with Gasteiger partial charge < -0.3 is 5.32 Å². The fraction of sp³-hybridized carbons (Fsp3) is 1.00. The van der Waals surface area contributed by atoms with E-state index < -0.39 is 10.0 Å². The third-order valence-electron chi connectivity index (χ3n) is 3.45. The lowest BCUT2D eigenvalue weighted by Gasteiger charge is -2.46. The van der Waals surface area contributed by atoms with E-state index in [2.05, 4.69) is 10.2 Å². The summed E-state index contributed by atoms with van der Waals surface area (Å²) in [5.41, 5.74) is 0. The Bertz CT molecular complexity index is 330. The third kappa shape index (κ3) is 2.25. The van der Waals surface area contributed by atoms with E-state index in [1.54, 1.807) is 18.2 Å². The molecular weight excluding hydrogens is 226 g/mol. The van der Waals surface area contributed by atoms with Crippen LogP contribution in [0.5, 0.6) is 0 Å². The van der Waals surface area contributed by atoms with Crippen LogP contribution in [0.1, 0.15) is 13.8 Å². The largest absolute Gasteiger partial charge is 0.314 e.